The third-order valence-electron chi connectivity index (χ3n) is 3.56. The van der Waals surface area contributed by atoms with Crippen LogP contribution in [0.4, 0.5) is 0 Å². The van der Waals surface area contributed by atoms with Gasteiger partial charge in [0, 0.05) is 29.0 Å². The van der Waals surface area contributed by atoms with Crippen molar-refractivity contribution in [2.24, 2.45) is 5.92 Å². The molecule has 2 rings (SSSR count). The summed E-state index contributed by atoms with van der Waals surface area (Å²) in [6.07, 6.45) is 1.34. The molecule has 2 amide bonds. The Bertz CT molecular complexity index is 496. The van der Waals surface area contributed by atoms with Gasteiger partial charge < -0.3 is 4.90 Å². The number of carbonyl (C=O) groups excluding carboxylic acids is 2. The van der Waals surface area contributed by atoms with Crippen LogP contribution >= 0.6 is 15.9 Å². The van der Waals surface area contributed by atoms with Crippen molar-refractivity contribution in [1.29, 1.82) is 0 Å². The molecule has 1 aromatic rings. The van der Waals surface area contributed by atoms with Gasteiger partial charge in [0.25, 0.3) is 5.91 Å². The molecule has 1 aliphatic heterocycles. The lowest BCUT2D eigenvalue weighted by atomic mass is 9.96. The van der Waals surface area contributed by atoms with Crippen molar-refractivity contribution in [3.63, 3.8) is 0 Å². The fourth-order valence-electron chi connectivity index (χ4n) is 2.35. The molecule has 6 heteroatoms. The number of rotatable bonds is 4. The predicted octanol–water partition coefficient (Wildman–Crippen LogP) is 2.37. The van der Waals surface area contributed by atoms with E-state index in [2.05, 4.69) is 21.4 Å². The Kier molecular flexibility index (Phi) is 5.76. The highest BCUT2D eigenvalue weighted by Gasteiger charge is 2.27. The first-order chi connectivity index (χ1) is 10.1. The maximum atomic E-state index is 12.3. The van der Waals surface area contributed by atoms with Gasteiger partial charge in [0.1, 0.15) is 0 Å². The number of carbonyl (C=O) groups is 2. The van der Waals surface area contributed by atoms with Crippen molar-refractivity contribution in [2.75, 3.05) is 19.7 Å². The molecule has 0 aromatic heterocycles. The lowest BCUT2D eigenvalue weighted by molar-refractivity contribution is -0.138. The number of halogens is 1. The van der Waals surface area contributed by atoms with Crippen LogP contribution in [0.2, 0.25) is 0 Å². The number of nitrogens with one attached hydrogen (secondary N) is 1. The third-order valence-corrected chi connectivity index (χ3v) is 4.09. The van der Waals surface area contributed by atoms with E-state index in [4.69, 9.17) is 4.84 Å². The molecule has 1 fully saturated rings. The molecule has 1 N–H and O–H groups in total. The molecule has 0 radical (unpaired) electrons. The molecule has 1 saturated heterocycles. The van der Waals surface area contributed by atoms with E-state index in [-0.39, 0.29) is 17.7 Å². The molecular weight excluding hydrogens is 336 g/mol. The summed E-state index contributed by atoms with van der Waals surface area (Å²) in [4.78, 5) is 30.9. The molecule has 1 aromatic carbocycles. The normalized spacial score (nSPS) is 15.8. The Labute approximate surface area is 132 Å². The summed E-state index contributed by atoms with van der Waals surface area (Å²) in [5, 5.41) is 0. The summed E-state index contributed by atoms with van der Waals surface area (Å²) in [7, 11) is 0. The van der Waals surface area contributed by atoms with E-state index in [9.17, 15) is 9.59 Å². The number of amides is 2. The van der Waals surface area contributed by atoms with Crippen LogP contribution in [0.5, 0.6) is 0 Å². The van der Waals surface area contributed by atoms with E-state index in [0.717, 1.165) is 4.47 Å². The van der Waals surface area contributed by atoms with Crippen LogP contribution in [0, 0.1) is 5.92 Å². The second-order valence-electron chi connectivity index (χ2n) is 4.97. The van der Waals surface area contributed by atoms with Crippen LogP contribution in [0.3, 0.4) is 0 Å². The van der Waals surface area contributed by atoms with E-state index in [1.54, 1.807) is 17.0 Å². The second-order valence-corrected chi connectivity index (χ2v) is 5.89. The van der Waals surface area contributed by atoms with Gasteiger partial charge in [-0.15, -0.1) is 0 Å². The quantitative estimate of drug-likeness (QED) is 0.844. The summed E-state index contributed by atoms with van der Waals surface area (Å²) in [6, 6.07) is 7.33. The summed E-state index contributed by atoms with van der Waals surface area (Å²) in [5.41, 5.74) is 3.11. The number of piperidine rings is 1. The average Bonchev–Trinajstić information content (AvgIpc) is 2.53. The van der Waals surface area contributed by atoms with Crippen LogP contribution in [-0.4, -0.2) is 36.4 Å². The minimum Gasteiger partial charge on any atom is -0.339 e. The molecule has 21 heavy (non-hydrogen) atoms. The molecular formula is C15H19BrN2O3. The highest BCUT2D eigenvalue weighted by atomic mass is 79.9. The number of hydrogen-bond donors (Lipinski definition) is 1. The molecule has 0 spiro atoms. The zero-order valence-electron chi connectivity index (χ0n) is 12.0. The first-order valence-corrected chi connectivity index (χ1v) is 7.87. The summed E-state index contributed by atoms with van der Waals surface area (Å²) in [6.45, 7) is 3.46. The van der Waals surface area contributed by atoms with Crippen LogP contribution < -0.4 is 5.48 Å². The first-order valence-electron chi connectivity index (χ1n) is 7.08. The number of hydrogen-bond acceptors (Lipinski definition) is 3. The SMILES string of the molecule is CCONC(=O)C1CCN(C(=O)c2ccc(Br)cc2)CC1. The Hall–Kier alpha value is -1.40. The van der Waals surface area contributed by atoms with Crippen LogP contribution in [0.1, 0.15) is 30.1 Å². The van der Waals surface area contributed by atoms with E-state index >= 15 is 0 Å². The van der Waals surface area contributed by atoms with E-state index in [1.165, 1.54) is 0 Å². The molecule has 0 bridgehead atoms. The van der Waals surface area contributed by atoms with E-state index in [1.807, 2.05) is 19.1 Å². The van der Waals surface area contributed by atoms with Gasteiger partial charge >= 0.3 is 0 Å². The number of benzene rings is 1. The lowest BCUT2D eigenvalue weighted by Gasteiger charge is -2.31. The van der Waals surface area contributed by atoms with Crippen molar-refractivity contribution >= 4 is 27.7 Å². The molecule has 114 valence electrons. The van der Waals surface area contributed by atoms with Gasteiger partial charge in [0.2, 0.25) is 5.91 Å². The molecule has 0 aliphatic carbocycles. The minimum absolute atomic E-state index is 0.0196. The highest BCUT2D eigenvalue weighted by molar-refractivity contribution is 9.10. The fraction of sp³-hybridized carbons (Fsp3) is 0.467. The van der Waals surface area contributed by atoms with Gasteiger partial charge in [0.15, 0.2) is 0 Å². The largest absolute Gasteiger partial charge is 0.339 e. The summed E-state index contributed by atoms with van der Waals surface area (Å²) < 4.78 is 0.949. The Morgan fingerprint density at radius 2 is 1.90 bits per heavy atom. The van der Waals surface area contributed by atoms with Gasteiger partial charge in [-0.05, 0) is 44.0 Å². The number of hydroxylamine groups is 1. The van der Waals surface area contributed by atoms with Gasteiger partial charge in [-0.25, -0.2) is 5.48 Å². The zero-order valence-corrected chi connectivity index (χ0v) is 13.6. The van der Waals surface area contributed by atoms with Gasteiger partial charge in [-0.1, -0.05) is 15.9 Å². The smallest absolute Gasteiger partial charge is 0.253 e. The molecule has 0 saturated carbocycles. The average molecular weight is 355 g/mol. The van der Waals surface area contributed by atoms with E-state index in [0.29, 0.717) is 38.1 Å². The van der Waals surface area contributed by atoms with E-state index < -0.39 is 0 Å². The van der Waals surface area contributed by atoms with Crippen molar-refractivity contribution < 1.29 is 14.4 Å². The van der Waals surface area contributed by atoms with Crippen molar-refractivity contribution in [3.8, 4) is 0 Å². The Morgan fingerprint density at radius 1 is 1.29 bits per heavy atom. The van der Waals surface area contributed by atoms with Gasteiger partial charge in [-0.3, -0.25) is 14.4 Å². The van der Waals surface area contributed by atoms with Crippen LogP contribution in [0.25, 0.3) is 0 Å². The third kappa shape index (κ3) is 4.28. The fourth-order valence-corrected chi connectivity index (χ4v) is 2.61. The monoisotopic (exact) mass is 354 g/mol. The molecule has 5 nitrogen and oxygen atoms in total. The second kappa shape index (κ2) is 7.56. The molecule has 0 atom stereocenters. The molecule has 1 heterocycles. The van der Waals surface area contributed by atoms with Crippen LogP contribution in [-0.2, 0) is 9.63 Å². The minimum atomic E-state index is -0.0902. The zero-order chi connectivity index (χ0) is 15.2. The van der Waals surface area contributed by atoms with Crippen molar-refractivity contribution in [3.05, 3.63) is 34.3 Å². The molecule has 1 aliphatic rings. The topological polar surface area (TPSA) is 58.6 Å². The maximum Gasteiger partial charge on any atom is 0.253 e. The molecule has 0 unspecified atom stereocenters. The Morgan fingerprint density at radius 3 is 2.48 bits per heavy atom. The predicted molar refractivity (Wildman–Crippen MR) is 82.5 cm³/mol. The summed E-state index contributed by atoms with van der Waals surface area (Å²) >= 11 is 3.35. The van der Waals surface area contributed by atoms with Gasteiger partial charge in [-0.2, -0.15) is 0 Å². The first kappa shape index (κ1) is 16.0. The van der Waals surface area contributed by atoms with Crippen LogP contribution in [0.15, 0.2) is 28.7 Å². The van der Waals surface area contributed by atoms with Crippen molar-refractivity contribution in [2.45, 2.75) is 19.8 Å². The maximum absolute atomic E-state index is 12.3. The number of likely N-dealkylation sites (tertiary alicyclic amines) is 1. The standard InChI is InChI=1S/C15H19BrN2O3/c1-2-21-17-14(19)11-7-9-18(10-8-11)15(20)12-3-5-13(16)6-4-12/h3-6,11H,2,7-10H2,1H3,(H,17,19). The van der Waals surface area contributed by atoms with Crippen molar-refractivity contribution in [1.82, 2.24) is 10.4 Å². The lowest BCUT2D eigenvalue weighted by Crippen LogP contribution is -2.43. The summed E-state index contributed by atoms with van der Waals surface area (Å²) in [5.74, 6) is -0.149. The Balaban J connectivity index is 1.87. The highest BCUT2D eigenvalue weighted by Crippen LogP contribution is 2.20. The van der Waals surface area contributed by atoms with Gasteiger partial charge in [0.05, 0.1) is 6.61 Å². The number of nitrogens with zero attached hydrogens (tertiary/aromatic N) is 1.